The van der Waals surface area contributed by atoms with Gasteiger partial charge >= 0.3 is 5.97 Å². The Morgan fingerprint density at radius 3 is 2.94 bits per heavy atom. The number of aromatic nitrogens is 4. The normalized spacial score (nSPS) is 10.9. The number of ether oxygens (including phenoxy) is 1. The van der Waals surface area contributed by atoms with Crippen LogP contribution in [0.2, 0.25) is 0 Å². The van der Waals surface area contributed by atoms with E-state index in [2.05, 4.69) is 15.2 Å². The Kier molecular flexibility index (Phi) is 3.01. The first-order valence-electron chi connectivity index (χ1n) is 5.05. The molecule has 2 heterocycles. The third kappa shape index (κ3) is 2.39. The molecule has 2 aromatic rings. The second kappa shape index (κ2) is 4.46. The molecule has 0 aliphatic heterocycles. The van der Waals surface area contributed by atoms with Crippen LogP contribution in [0.1, 0.15) is 17.3 Å². The zero-order chi connectivity index (χ0) is 12.4. The number of carboxylic acids is 1. The van der Waals surface area contributed by atoms with Crippen molar-refractivity contribution < 1.29 is 14.6 Å². The van der Waals surface area contributed by atoms with Crippen molar-refractivity contribution in [2.75, 3.05) is 6.61 Å². The highest BCUT2D eigenvalue weighted by Crippen LogP contribution is 2.08. The molecule has 2 aromatic heterocycles. The van der Waals surface area contributed by atoms with Crippen LogP contribution in [0, 0.1) is 13.8 Å². The van der Waals surface area contributed by atoms with E-state index in [9.17, 15) is 4.79 Å². The second-order valence-electron chi connectivity index (χ2n) is 3.64. The number of fused-ring (bicyclic) bond motifs is 1. The molecule has 0 aliphatic carbocycles. The minimum absolute atomic E-state index is 0.0963. The van der Waals surface area contributed by atoms with E-state index in [4.69, 9.17) is 9.84 Å². The minimum atomic E-state index is -1.01. The molecule has 0 bridgehead atoms. The van der Waals surface area contributed by atoms with Gasteiger partial charge in [-0.05, 0) is 13.8 Å². The quantitative estimate of drug-likeness (QED) is 0.823. The van der Waals surface area contributed by atoms with E-state index in [0.717, 1.165) is 11.5 Å². The largest absolute Gasteiger partial charge is 0.480 e. The Bertz CT molecular complexity index is 564. The SMILES string of the molecule is Cc1cc2nnc(COCC(=O)O)n2c(C)n1. The van der Waals surface area contributed by atoms with Gasteiger partial charge in [0.1, 0.15) is 19.0 Å². The van der Waals surface area contributed by atoms with Gasteiger partial charge in [0.15, 0.2) is 11.5 Å². The van der Waals surface area contributed by atoms with Gasteiger partial charge in [-0.25, -0.2) is 9.78 Å². The molecule has 0 amide bonds. The summed E-state index contributed by atoms with van der Waals surface area (Å²) in [5.41, 5.74) is 1.55. The first-order valence-corrected chi connectivity index (χ1v) is 5.05. The molecule has 0 saturated carbocycles. The molecule has 0 radical (unpaired) electrons. The van der Waals surface area contributed by atoms with Gasteiger partial charge < -0.3 is 9.84 Å². The van der Waals surface area contributed by atoms with E-state index in [1.54, 1.807) is 10.5 Å². The van der Waals surface area contributed by atoms with Crippen LogP contribution in [-0.4, -0.2) is 37.3 Å². The number of aryl methyl sites for hydroxylation is 2. The molecule has 1 N–H and O–H groups in total. The zero-order valence-corrected chi connectivity index (χ0v) is 9.54. The number of hydrogen-bond donors (Lipinski definition) is 1. The maximum atomic E-state index is 10.3. The van der Waals surface area contributed by atoms with Crippen molar-refractivity contribution in [1.82, 2.24) is 19.6 Å². The molecular weight excluding hydrogens is 224 g/mol. The molecule has 0 aromatic carbocycles. The number of carboxylic acid groups (broad SMARTS) is 1. The fraction of sp³-hybridized carbons (Fsp3) is 0.400. The summed E-state index contributed by atoms with van der Waals surface area (Å²) in [5.74, 6) is 0.287. The van der Waals surface area contributed by atoms with Crippen LogP contribution in [0.5, 0.6) is 0 Å². The standard InChI is InChI=1S/C10H12N4O3/c1-6-3-8-12-13-9(4-17-5-10(15)16)14(8)7(2)11-6/h3H,4-5H2,1-2H3,(H,15,16). The molecule has 0 saturated heterocycles. The lowest BCUT2D eigenvalue weighted by Crippen LogP contribution is -2.09. The Balaban J connectivity index is 2.26. The summed E-state index contributed by atoms with van der Waals surface area (Å²) in [6, 6.07) is 1.81. The van der Waals surface area contributed by atoms with Crippen molar-refractivity contribution in [3.63, 3.8) is 0 Å². The molecule has 0 atom stereocenters. The highest BCUT2D eigenvalue weighted by molar-refractivity contribution is 5.67. The smallest absolute Gasteiger partial charge is 0.329 e. The van der Waals surface area contributed by atoms with E-state index in [0.29, 0.717) is 11.5 Å². The van der Waals surface area contributed by atoms with Crippen LogP contribution < -0.4 is 0 Å². The zero-order valence-electron chi connectivity index (χ0n) is 9.54. The topological polar surface area (TPSA) is 89.6 Å². The first kappa shape index (κ1) is 11.5. The lowest BCUT2D eigenvalue weighted by Gasteiger charge is -2.04. The van der Waals surface area contributed by atoms with Crippen LogP contribution in [-0.2, 0) is 16.1 Å². The average Bonchev–Trinajstić information content (AvgIpc) is 2.60. The van der Waals surface area contributed by atoms with Gasteiger partial charge in [0.25, 0.3) is 0 Å². The number of nitrogens with zero attached hydrogens (tertiary/aromatic N) is 4. The van der Waals surface area contributed by atoms with Gasteiger partial charge in [-0.15, -0.1) is 10.2 Å². The summed E-state index contributed by atoms with van der Waals surface area (Å²) in [4.78, 5) is 14.6. The number of aliphatic carboxylic acids is 1. The summed E-state index contributed by atoms with van der Waals surface area (Å²) >= 11 is 0. The van der Waals surface area contributed by atoms with Crippen LogP contribution in [0.3, 0.4) is 0 Å². The highest BCUT2D eigenvalue weighted by atomic mass is 16.5. The van der Waals surface area contributed by atoms with Crippen LogP contribution >= 0.6 is 0 Å². The van der Waals surface area contributed by atoms with Crippen LogP contribution in [0.15, 0.2) is 6.07 Å². The molecular formula is C10H12N4O3. The fourth-order valence-electron chi connectivity index (χ4n) is 1.62. The summed E-state index contributed by atoms with van der Waals surface area (Å²) in [5, 5.41) is 16.4. The number of hydrogen-bond acceptors (Lipinski definition) is 5. The summed E-state index contributed by atoms with van der Waals surface area (Å²) in [6.45, 7) is 3.46. The molecule has 0 spiro atoms. The molecule has 2 rings (SSSR count). The molecule has 7 nitrogen and oxygen atoms in total. The molecule has 7 heteroatoms. The van der Waals surface area contributed by atoms with Crippen molar-refractivity contribution in [1.29, 1.82) is 0 Å². The predicted octanol–water partition coefficient (Wildman–Crippen LogP) is 0.342. The van der Waals surface area contributed by atoms with E-state index in [1.807, 2.05) is 13.8 Å². The molecule has 0 fully saturated rings. The maximum Gasteiger partial charge on any atom is 0.329 e. The molecule has 90 valence electrons. The average molecular weight is 236 g/mol. The summed E-state index contributed by atoms with van der Waals surface area (Å²) < 4.78 is 6.73. The van der Waals surface area contributed by atoms with E-state index >= 15 is 0 Å². The van der Waals surface area contributed by atoms with E-state index in [1.165, 1.54) is 0 Å². The summed E-state index contributed by atoms with van der Waals surface area (Å²) in [7, 11) is 0. The summed E-state index contributed by atoms with van der Waals surface area (Å²) in [6.07, 6.45) is 0. The Morgan fingerprint density at radius 2 is 2.24 bits per heavy atom. The highest BCUT2D eigenvalue weighted by Gasteiger charge is 2.09. The Hall–Kier alpha value is -2.02. The first-order chi connectivity index (χ1) is 8.08. The van der Waals surface area contributed by atoms with Gasteiger partial charge in [0.2, 0.25) is 0 Å². The third-order valence-electron chi connectivity index (χ3n) is 2.21. The maximum absolute atomic E-state index is 10.3. The van der Waals surface area contributed by atoms with Gasteiger partial charge in [-0.1, -0.05) is 0 Å². The monoisotopic (exact) mass is 236 g/mol. The van der Waals surface area contributed by atoms with Gasteiger partial charge in [-0.3, -0.25) is 4.40 Å². The minimum Gasteiger partial charge on any atom is -0.480 e. The lowest BCUT2D eigenvalue weighted by atomic mass is 10.4. The lowest BCUT2D eigenvalue weighted by molar-refractivity contribution is -0.142. The Labute approximate surface area is 97.1 Å². The van der Waals surface area contributed by atoms with Crippen LogP contribution in [0.25, 0.3) is 5.65 Å². The molecule has 0 unspecified atom stereocenters. The Morgan fingerprint density at radius 1 is 1.47 bits per heavy atom. The van der Waals surface area contributed by atoms with Gasteiger partial charge in [-0.2, -0.15) is 0 Å². The van der Waals surface area contributed by atoms with Crippen molar-refractivity contribution in [3.8, 4) is 0 Å². The number of carbonyl (C=O) groups is 1. The van der Waals surface area contributed by atoms with Crippen molar-refractivity contribution in [2.45, 2.75) is 20.5 Å². The fourth-order valence-corrected chi connectivity index (χ4v) is 1.62. The third-order valence-corrected chi connectivity index (χ3v) is 2.21. The van der Waals surface area contributed by atoms with Crippen molar-refractivity contribution >= 4 is 11.6 Å². The van der Waals surface area contributed by atoms with Crippen molar-refractivity contribution in [2.24, 2.45) is 0 Å². The van der Waals surface area contributed by atoms with E-state index in [-0.39, 0.29) is 13.2 Å². The van der Waals surface area contributed by atoms with E-state index < -0.39 is 5.97 Å². The van der Waals surface area contributed by atoms with Gasteiger partial charge in [0, 0.05) is 11.8 Å². The predicted molar refractivity (Wildman–Crippen MR) is 57.5 cm³/mol. The van der Waals surface area contributed by atoms with Crippen LogP contribution in [0.4, 0.5) is 0 Å². The second-order valence-corrected chi connectivity index (χ2v) is 3.64. The number of rotatable bonds is 4. The molecule has 17 heavy (non-hydrogen) atoms. The van der Waals surface area contributed by atoms with Gasteiger partial charge in [0.05, 0.1) is 0 Å². The molecule has 0 aliphatic rings. The van der Waals surface area contributed by atoms with Crippen molar-refractivity contribution in [3.05, 3.63) is 23.4 Å².